The highest BCUT2D eigenvalue weighted by atomic mass is 35.5. The number of hydrogen-bond donors (Lipinski definition) is 0. The van der Waals surface area contributed by atoms with Crippen LogP contribution in [-0.4, -0.2) is 35.6 Å². The van der Waals surface area contributed by atoms with Gasteiger partial charge in [-0.05, 0) is 56.2 Å². The zero-order valence-electron chi connectivity index (χ0n) is 18.0. The van der Waals surface area contributed by atoms with Crippen molar-refractivity contribution in [3.05, 3.63) is 82.1 Å². The van der Waals surface area contributed by atoms with Crippen LogP contribution < -0.4 is 9.47 Å². The van der Waals surface area contributed by atoms with E-state index in [1.54, 1.807) is 18.2 Å². The molecule has 0 fully saturated rings. The van der Waals surface area contributed by atoms with Gasteiger partial charge in [-0.2, -0.15) is 0 Å². The summed E-state index contributed by atoms with van der Waals surface area (Å²) in [6.45, 7) is 4.30. The molecule has 0 aliphatic carbocycles. The van der Waals surface area contributed by atoms with Crippen molar-refractivity contribution in [2.45, 2.75) is 32.9 Å². The summed E-state index contributed by atoms with van der Waals surface area (Å²) >= 11 is 5.95. The molecular formula is C25H24ClNO5. The third kappa shape index (κ3) is 4.81. The largest absolute Gasteiger partial charge is 0.485 e. The molecule has 1 aliphatic rings. The van der Waals surface area contributed by atoms with Gasteiger partial charge in [0.1, 0.15) is 6.61 Å². The van der Waals surface area contributed by atoms with E-state index in [4.69, 9.17) is 25.8 Å². The molecule has 0 saturated heterocycles. The Morgan fingerprint density at radius 3 is 2.56 bits per heavy atom. The fourth-order valence-corrected chi connectivity index (χ4v) is 3.89. The number of carbonyl (C=O) groups is 2. The molecule has 0 amide bonds. The third-order valence-corrected chi connectivity index (χ3v) is 5.78. The minimum Gasteiger partial charge on any atom is -0.485 e. The second-order valence-corrected chi connectivity index (χ2v) is 8.14. The number of ketones is 1. The number of para-hydroxylation sites is 2. The first-order valence-electron chi connectivity index (χ1n) is 10.4. The van der Waals surface area contributed by atoms with E-state index in [1.807, 2.05) is 50.2 Å². The van der Waals surface area contributed by atoms with Gasteiger partial charge in [0.15, 0.2) is 18.1 Å². The molecule has 7 heteroatoms. The van der Waals surface area contributed by atoms with Gasteiger partial charge >= 0.3 is 5.97 Å². The molecule has 1 aromatic heterocycles. The number of carbonyl (C=O) groups excluding carboxylic acids is 2. The molecule has 1 aliphatic heterocycles. The zero-order chi connectivity index (χ0) is 22.7. The molecule has 0 saturated carbocycles. The SMILES string of the molecule is Cc1cc(C(=O)COC(=O)[C@H]2COc3ccccc3O2)c(C)n1CCc1ccc(Cl)cc1. The van der Waals surface area contributed by atoms with Gasteiger partial charge in [-0.15, -0.1) is 0 Å². The number of halogens is 1. The van der Waals surface area contributed by atoms with Gasteiger partial charge in [0, 0.05) is 28.5 Å². The second-order valence-electron chi connectivity index (χ2n) is 7.71. The molecule has 166 valence electrons. The first kappa shape index (κ1) is 22.0. The van der Waals surface area contributed by atoms with Crippen LogP contribution in [0.25, 0.3) is 0 Å². The quantitative estimate of drug-likeness (QED) is 0.387. The lowest BCUT2D eigenvalue weighted by Crippen LogP contribution is -2.38. The van der Waals surface area contributed by atoms with Gasteiger partial charge in [0.25, 0.3) is 0 Å². The Morgan fingerprint density at radius 1 is 1.09 bits per heavy atom. The summed E-state index contributed by atoms with van der Waals surface area (Å²) in [5.41, 5.74) is 3.55. The standard InChI is InChI=1S/C25H24ClNO5/c1-16-13-20(17(2)27(16)12-11-18-7-9-19(26)10-8-18)21(28)14-31-25(29)24-15-30-22-5-3-4-6-23(22)32-24/h3-10,13,24H,11-12,14-15H2,1-2H3/t24-/m1/s1. The van der Waals surface area contributed by atoms with Gasteiger partial charge in [0.05, 0.1) is 0 Å². The van der Waals surface area contributed by atoms with E-state index in [0.717, 1.165) is 24.4 Å². The number of fused-ring (bicyclic) bond motifs is 1. The number of hydrogen-bond acceptors (Lipinski definition) is 5. The number of ether oxygens (including phenoxy) is 3. The van der Waals surface area contributed by atoms with Crippen molar-refractivity contribution >= 4 is 23.4 Å². The summed E-state index contributed by atoms with van der Waals surface area (Å²) in [7, 11) is 0. The van der Waals surface area contributed by atoms with Crippen LogP contribution >= 0.6 is 11.6 Å². The first-order valence-corrected chi connectivity index (χ1v) is 10.8. The highest BCUT2D eigenvalue weighted by Crippen LogP contribution is 2.31. The maximum absolute atomic E-state index is 12.8. The molecule has 32 heavy (non-hydrogen) atoms. The average Bonchev–Trinajstić information content (AvgIpc) is 3.09. The lowest BCUT2D eigenvalue weighted by molar-refractivity contribution is -0.153. The van der Waals surface area contributed by atoms with E-state index < -0.39 is 12.1 Å². The number of nitrogens with zero attached hydrogens (tertiary/aromatic N) is 1. The Labute approximate surface area is 191 Å². The normalized spacial score (nSPS) is 14.8. The number of esters is 1. The van der Waals surface area contributed by atoms with Crippen LogP contribution in [0, 0.1) is 13.8 Å². The predicted molar refractivity (Wildman–Crippen MR) is 121 cm³/mol. The molecule has 0 unspecified atom stereocenters. The number of benzene rings is 2. The van der Waals surface area contributed by atoms with Crippen molar-refractivity contribution in [3.63, 3.8) is 0 Å². The van der Waals surface area contributed by atoms with Crippen molar-refractivity contribution in [2.24, 2.45) is 0 Å². The Kier molecular flexibility index (Phi) is 6.51. The summed E-state index contributed by atoms with van der Waals surface area (Å²) in [6.07, 6.45) is -0.0825. The fourth-order valence-electron chi connectivity index (χ4n) is 3.76. The lowest BCUT2D eigenvalue weighted by Gasteiger charge is -2.24. The van der Waals surface area contributed by atoms with E-state index >= 15 is 0 Å². The third-order valence-electron chi connectivity index (χ3n) is 5.53. The Balaban J connectivity index is 1.35. The maximum atomic E-state index is 12.8. The lowest BCUT2D eigenvalue weighted by atomic mass is 10.1. The number of aryl methyl sites for hydroxylation is 2. The molecule has 2 aromatic carbocycles. The second kappa shape index (κ2) is 9.49. The van der Waals surface area contributed by atoms with Gasteiger partial charge in [-0.25, -0.2) is 4.79 Å². The van der Waals surface area contributed by atoms with Crippen LogP contribution in [0.3, 0.4) is 0 Å². The highest BCUT2D eigenvalue weighted by molar-refractivity contribution is 6.30. The van der Waals surface area contributed by atoms with Crippen LogP contribution in [0.15, 0.2) is 54.6 Å². The van der Waals surface area contributed by atoms with E-state index in [1.165, 1.54) is 5.56 Å². The Bertz CT molecular complexity index is 1140. The Morgan fingerprint density at radius 2 is 1.81 bits per heavy atom. The molecule has 2 heterocycles. The smallest absolute Gasteiger partial charge is 0.351 e. The summed E-state index contributed by atoms with van der Waals surface area (Å²) in [6, 6.07) is 16.7. The zero-order valence-corrected chi connectivity index (χ0v) is 18.7. The monoisotopic (exact) mass is 453 g/mol. The van der Waals surface area contributed by atoms with Crippen molar-refractivity contribution in [3.8, 4) is 11.5 Å². The molecular weight excluding hydrogens is 430 g/mol. The minimum absolute atomic E-state index is 0.0449. The summed E-state index contributed by atoms with van der Waals surface area (Å²) < 4.78 is 18.5. The van der Waals surface area contributed by atoms with Crippen molar-refractivity contribution in [1.82, 2.24) is 4.57 Å². The van der Waals surface area contributed by atoms with Crippen LogP contribution in [0.5, 0.6) is 11.5 Å². The molecule has 4 rings (SSSR count). The van der Waals surface area contributed by atoms with E-state index in [9.17, 15) is 9.59 Å². The van der Waals surface area contributed by atoms with Crippen molar-refractivity contribution in [2.75, 3.05) is 13.2 Å². The van der Waals surface area contributed by atoms with E-state index in [0.29, 0.717) is 22.1 Å². The fraction of sp³-hybridized carbons (Fsp3) is 0.280. The van der Waals surface area contributed by atoms with Crippen LogP contribution in [-0.2, 0) is 22.5 Å². The topological polar surface area (TPSA) is 66.8 Å². The summed E-state index contributed by atoms with van der Waals surface area (Å²) in [4.78, 5) is 25.1. The molecule has 0 radical (unpaired) electrons. The minimum atomic E-state index is -0.899. The molecule has 3 aromatic rings. The van der Waals surface area contributed by atoms with Crippen LogP contribution in [0.1, 0.15) is 27.3 Å². The molecule has 1 atom stereocenters. The Hall–Kier alpha value is -3.25. The summed E-state index contributed by atoms with van der Waals surface area (Å²) in [5, 5.41) is 0.707. The van der Waals surface area contributed by atoms with Crippen LogP contribution in [0.2, 0.25) is 5.02 Å². The highest BCUT2D eigenvalue weighted by Gasteiger charge is 2.29. The number of Topliss-reactive ketones (excluding diaryl/α,β-unsaturated/α-hetero) is 1. The number of aromatic nitrogens is 1. The van der Waals surface area contributed by atoms with Crippen molar-refractivity contribution in [1.29, 1.82) is 0 Å². The van der Waals surface area contributed by atoms with Gasteiger partial charge in [-0.3, -0.25) is 4.79 Å². The predicted octanol–water partition coefficient (Wildman–Crippen LogP) is 4.57. The molecule has 0 spiro atoms. The molecule has 0 bridgehead atoms. The molecule has 0 N–H and O–H groups in total. The first-order chi connectivity index (χ1) is 15.4. The van der Waals surface area contributed by atoms with E-state index in [-0.39, 0.29) is 19.0 Å². The summed E-state index contributed by atoms with van der Waals surface area (Å²) in [5.74, 6) is 0.195. The van der Waals surface area contributed by atoms with Gasteiger partial charge < -0.3 is 18.8 Å². The van der Waals surface area contributed by atoms with Crippen molar-refractivity contribution < 1.29 is 23.8 Å². The maximum Gasteiger partial charge on any atom is 0.351 e. The van der Waals surface area contributed by atoms with Gasteiger partial charge in [-0.1, -0.05) is 35.9 Å². The van der Waals surface area contributed by atoms with Crippen LogP contribution in [0.4, 0.5) is 0 Å². The number of rotatable bonds is 7. The average molecular weight is 454 g/mol. The van der Waals surface area contributed by atoms with E-state index in [2.05, 4.69) is 4.57 Å². The molecule has 6 nitrogen and oxygen atoms in total. The van der Waals surface area contributed by atoms with Gasteiger partial charge in [0.2, 0.25) is 11.9 Å².